The van der Waals surface area contributed by atoms with E-state index in [2.05, 4.69) is 5.16 Å². The van der Waals surface area contributed by atoms with Gasteiger partial charge in [-0.3, -0.25) is 6.29 Å². The van der Waals surface area contributed by atoms with Crippen LogP contribution in [0.15, 0.2) is 5.16 Å². The molecule has 0 aliphatic carbocycles. The van der Waals surface area contributed by atoms with Crippen LogP contribution < -0.4 is 29.6 Å². The Hall–Kier alpha value is -0.0600. The average molecular weight is 334 g/mol. The normalized spacial score (nSPS) is 9.50. The Balaban J connectivity index is -0.000000540. The van der Waals surface area contributed by atoms with Crippen molar-refractivity contribution in [2.45, 2.75) is 13.8 Å². The third-order valence-corrected chi connectivity index (χ3v) is 1.82. The second-order valence-electron chi connectivity index (χ2n) is 3.30. The topological polar surface area (TPSA) is 109 Å². The maximum Gasteiger partial charge on any atom is 1.00 e. The zero-order chi connectivity index (χ0) is 14.0. The standard InChI is InChI=1S/C12H22NO6.CH4.Na.H2O/c1-15-5-6-16-7-8-17-9-10-18-11-12-19-13-3-2-4-14;;;/h3H,2,5-12H2,1H3;1H4;;1H2/q-1;;+1;/p+1/b13-3+;;;. The van der Waals surface area contributed by atoms with Crippen LogP contribution in [-0.4, -0.2) is 72.5 Å². The van der Waals surface area contributed by atoms with Crippen molar-refractivity contribution < 1.29 is 63.6 Å². The van der Waals surface area contributed by atoms with E-state index >= 15 is 0 Å². The first-order valence-corrected chi connectivity index (χ1v) is 6.12. The minimum atomic E-state index is 0. The molecule has 0 rings (SSSR count). The number of nitrogens with zero attached hydrogens (tertiary/aromatic N) is 1. The molecule has 0 aliphatic heterocycles. The Kier molecular flexibility index (Phi) is 39.4. The molecule has 0 aromatic carbocycles. The molecule has 9 heteroatoms. The van der Waals surface area contributed by atoms with Gasteiger partial charge in [-0.15, -0.1) is 11.6 Å². The molecule has 0 unspecified atom stereocenters. The first kappa shape index (κ1) is 29.9. The maximum atomic E-state index is 9.81. The van der Waals surface area contributed by atoms with Gasteiger partial charge in [0.15, 0.2) is 0 Å². The molecule has 0 spiro atoms. The van der Waals surface area contributed by atoms with E-state index in [0.29, 0.717) is 52.9 Å². The van der Waals surface area contributed by atoms with Gasteiger partial charge in [0.1, 0.15) is 6.61 Å². The van der Waals surface area contributed by atoms with Gasteiger partial charge < -0.3 is 34.1 Å². The van der Waals surface area contributed by atoms with Gasteiger partial charge in [-0.1, -0.05) is 7.43 Å². The fraction of sp³-hybridized carbons (Fsp3) is 0.846. The molecule has 22 heavy (non-hydrogen) atoms. The molecule has 0 saturated heterocycles. The van der Waals surface area contributed by atoms with Crippen molar-refractivity contribution in [3.05, 3.63) is 0 Å². The van der Waals surface area contributed by atoms with Crippen molar-refractivity contribution in [3.63, 3.8) is 0 Å². The Bertz CT molecular complexity index is 221. The first-order chi connectivity index (χ1) is 9.41. The molecule has 3 N–H and O–H groups in total. The molecular weight excluding hydrogens is 305 g/mol. The van der Waals surface area contributed by atoms with Gasteiger partial charge in [0.2, 0.25) is 0 Å². The van der Waals surface area contributed by atoms with Crippen LogP contribution in [0.3, 0.4) is 0 Å². The van der Waals surface area contributed by atoms with E-state index in [1.54, 1.807) is 13.4 Å². The van der Waals surface area contributed by atoms with Crippen LogP contribution in [-0.2, 0) is 34.1 Å². The van der Waals surface area contributed by atoms with Crippen molar-refractivity contribution in [3.8, 4) is 0 Å². The number of ether oxygens (including phenoxy) is 4. The van der Waals surface area contributed by atoms with E-state index in [-0.39, 0.29) is 48.9 Å². The van der Waals surface area contributed by atoms with E-state index in [4.69, 9.17) is 23.8 Å². The molecule has 8 nitrogen and oxygen atoms in total. The molecule has 0 bridgehead atoms. The van der Waals surface area contributed by atoms with Crippen molar-refractivity contribution in [1.29, 1.82) is 0 Å². The summed E-state index contributed by atoms with van der Waals surface area (Å²) >= 11 is 0. The number of hydrogen-bond donors (Lipinski definition) is 0. The zero-order valence-corrected chi connectivity index (χ0v) is 14.9. The van der Waals surface area contributed by atoms with Crippen molar-refractivity contribution in [2.75, 3.05) is 60.0 Å². The number of oxime groups is 1. The van der Waals surface area contributed by atoms with E-state index in [1.165, 1.54) is 6.21 Å². The number of rotatable bonds is 15. The van der Waals surface area contributed by atoms with Crippen LogP contribution in [0.2, 0.25) is 0 Å². The molecule has 0 amide bonds. The van der Waals surface area contributed by atoms with Gasteiger partial charge in [-0.2, -0.15) is 0 Å². The molecule has 0 atom stereocenters. The molecule has 0 fully saturated rings. The van der Waals surface area contributed by atoms with E-state index in [9.17, 15) is 4.79 Å². The molecule has 0 aliphatic rings. The first-order valence-electron chi connectivity index (χ1n) is 6.12. The molecule has 0 aromatic heterocycles. The average Bonchev–Trinajstić information content (AvgIpc) is 2.43. The van der Waals surface area contributed by atoms with E-state index in [1.807, 2.05) is 0 Å². The van der Waals surface area contributed by atoms with Gasteiger partial charge in [0.25, 0.3) is 0 Å². The summed E-state index contributed by atoms with van der Waals surface area (Å²) in [6, 6.07) is 0. The molecule has 128 valence electrons. The minimum absolute atomic E-state index is 0. The summed E-state index contributed by atoms with van der Waals surface area (Å²) in [6.45, 7) is 4.03. The van der Waals surface area contributed by atoms with Gasteiger partial charge in [-0.05, 0) is 0 Å². The summed E-state index contributed by atoms with van der Waals surface area (Å²) in [5.41, 5.74) is 0. The monoisotopic (exact) mass is 334 g/mol. The fourth-order valence-electron chi connectivity index (χ4n) is 0.960. The molecule has 0 heterocycles. The van der Waals surface area contributed by atoms with Gasteiger partial charge in [0, 0.05) is 13.3 Å². The van der Waals surface area contributed by atoms with Crippen LogP contribution in [0.4, 0.5) is 0 Å². The Morgan fingerprint density at radius 3 is 1.82 bits per heavy atom. The number of carbonyl (C=O) groups excluding carboxylic acids is 1. The maximum absolute atomic E-state index is 9.81. The second kappa shape index (κ2) is 29.0. The minimum Gasteiger partial charge on any atom is -0.541 e. The summed E-state index contributed by atoms with van der Waals surface area (Å²) in [4.78, 5) is 14.6. The Labute approximate surface area is 155 Å². The Morgan fingerprint density at radius 1 is 0.909 bits per heavy atom. The van der Waals surface area contributed by atoms with E-state index < -0.39 is 0 Å². The summed E-state index contributed by atoms with van der Waals surface area (Å²) in [5.74, 6) is 0. The smallest absolute Gasteiger partial charge is 0.541 e. The van der Waals surface area contributed by atoms with Crippen LogP contribution in [0.5, 0.6) is 0 Å². The predicted molar refractivity (Wildman–Crippen MR) is 80.7 cm³/mol. The van der Waals surface area contributed by atoms with Crippen LogP contribution in [0.1, 0.15) is 13.8 Å². The summed E-state index contributed by atoms with van der Waals surface area (Å²) < 4.78 is 20.5. The van der Waals surface area contributed by atoms with Crippen molar-refractivity contribution in [1.82, 2.24) is 0 Å². The van der Waals surface area contributed by atoms with E-state index in [0.717, 1.165) is 0 Å². The van der Waals surface area contributed by atoms with Crippen LogP contribution in [0.25, 0.3) is 0 Å². The predicted octanol–water partition coefficient (Wildman–Crippen LogP) is -3.10. The van der Waals surface area contributed by atoms with Crippen LogP contribution in [0, 0.1) is 0 Å². The quantitative estimate of drug-likeness (QED) is 0.0784. The Morgan fingerprint density at radius 2 is 1.36 bits per heavy atom. The molecule has 0 radical (unpaired) electrons. The number of methoxy groups -OCH3 is 1. The van der Waals surface area contributed by atoms with Crippen LogP contribution >= 0.6 is 0 Å². The van der Waals surface area contributed by atoms with Gasteiger partial charge in [-0.25, -0.2) is 0 Å². The molecule has 0 aromatic rings. The third-order valence-electron chi connectivity index (χ3n) is 1.82. The number of hydrogen-bond acceptors (Lipinski definition) is 7. The SMILES string of the molecule is C.COCCOCCOCCOCCO/N=C/C[C-]=O.[Na+].[OH3+]. The fourth-order valence-corrected chi connectivity index (χ4v) is 0.960. The van der Waals surface area contributed by atoms with Crippen molar-refractivity contribution >= 4 is 12.5 Å². The third kappa shape index (κ3) is 28.2. The zero-order valence-electron chi connectivity index (χ0n) is 12.9. The second-order valence-corrected chi connectivity index (χ2v) is 3.30. The summed E-state index contributed by atoms with van der Waals surface area (Å²) in [7, 11) is 1.63. The largest absolute Gasteiger partial charge is 1.00 e. The van der Waals surface area contributed by atoms with Gasteiger partial charge >= 0.3 is 29.6 Å². The van der Waals surface area contributed by atoms with Crippen molar-refractivity contribution in [2.24, 2.45) is 5.16 Å². The summed E-state index contributed by atoms with van der Waals surface area (Å²) in [5, 5.41) is 3.52. The molecular formula is C13H29NNaO7+. The van der Waals surface area contributed by atoms with Gasteiger partial charge in [0.05, 0.1) is 46.2 Å². The summed E-state index contributed by atoms with van der Waals surface area (Å²) in [6.07, 6.45) is 3.16. The molecule has 0 saturated carbocycles.